The van der Waals surface area contributed by atoms with E-state index >= 15 is 0 Å². The minimum absolute atomic E-state index is 0.198. The Morgan fingerprint density at radius 3 is 2.53 bits per heavy atom. The molecule has 2 heterocycles. The summed E-state index contributed by atoms with van der Waals surface area (Å²) in [7, 11) is 0. The van der Waals surface area contributed by atoms with Crippen molar-refractivity contribution in [1.29, 1.82) is 0 Å². The fourth-order valence-corrected chi connectivity index (χ4v) is 5.26. The predicted octanol–water partition coefficient (Wildman–Crippen LogP) is 7.24. The van der Waals surface area contributed by atoms with Crippen LogP contribution in [0.25, 0.3) is 11.0 Å². The first-order valence-electron chi connectivity index (χ1n) is 12.6. The number of thioether (sulfide) groups is 1. The first-order chi connectivity index (χ1) is 17.2. The number of hydrogen-bond acceptors (Lipinski definition) is 6. The number of furan rings is 1. The van der Waals surface area contributed by atoms with E-state index in [-0.39, 0.29) is 16.6 Å². The Morgan fingerprint density at radius 2 is 1.83 bits per heavy atom. The highest BCUT2D eigenvalue weighted by atomic mass is 32.2. The van der Waals surface area contributed by atoms with E-state index in [1.54, 1.807) is 0 Å². The second-order valence-electron chi connectivity index (χ2n) is 10.4. The molecule has 1 aliphatic heterocycles. The molecule has 2 aromatic carbocycles. The molecule has 7 heteroatoms. The van der Waals surface area contributed by atoms with Gasteiger partial charge in [0.25, 0.3) is 5.24 Å². The average molecular weight is 510 g/mol. The number of fused-ring (bicyclic) bond motifs is 1. The van der Waals surface area contributed by atoms with Crippen LogP contribution in [0.5, 0.6) is 11.5 Å². The molecular formula is C29H35NO5S. The normalized spacial score (nSPS) is 15.9. The van der Waals surface area contributed by atoms with Gasteiger partial charge in [-0.05, 0) is 78.3 Å². The van der Waals surface area contributed by atoms with Gasteiger partial charge in [0.15, 0.2) is 0 Å². The summed E-state index contributed by atoms with van der Waals surface area (Å²) in [5, 5.41) is 2.69. The Morgan fingerprint density at radius 1 is 1.06 bits per heavy atom. The number of rotatable bonds is 11. The lowest BCUT2D eigenvalue weighted by Crippen LogP contribution is -2.20. The molecule has 1 unspecified atom stereocenters. The molecule has 1 atom stereocenters. The first kappa shape index (κ1) is 26.1. The van der Waals surface area contributed by atoms with E-state index in [4.69, 9.17) is 13.9 Å². The van der Waals surface area contributed by atoms with E-state index in [1.807, 2.05) is 30.5 Å². The summed E-state index contributed by atoms with van der Waals surface area (Å²) in [5.41, 5.74) is 4.32. The molecule has 0 bridgehead atoms. The number of aryl methyl sites for hydroxylation is 1. The molecular weight excluding hydrogens is 474 g/mol. The highest BCUT2D eigenvalue weighted by Gasteiger charge is 2.33. The molecule has 1 aromatic heterocycles. The molecule has 192 valence electrons. The summed E-state index contributed by atoms with van der Waals surface area (Å²) in [6, 6.07) is 11.6. The van der Waals surface area contributed by atoms with Crippen LogP contribution in [0.2, 0.25) is 0 Å². The molecule has 0 saturated carbocycles. The third-order valence-electron chi connectivity index (χ3n) is 6.02. The summed E-state index contributed by atoms with van der Waals surface area (Å²) in [5.74, 6) is 1.32. The summed E-state index contributed by atoms with van der Waals surface area (Å²) in [4.78, 5) is 23.4. The van der Waals surface area contributed by atoms with Crippen molar-refractivity contribution >= 4 is 33.9 Å². The molecule has 1 N–H and O–H groups in total. The number of benzene rings is 2. The van der Waals surface area contributed by atoms with Crippen LogP contribution in [0.15, 0.2) is 47.1 Å². The van der Waals surface area contributed by atoms with Crippen molar-refractivity contribution in [3.05, 3.63) is 59.4 Å². The Labute approximate surface area is 217 Å². The van der Waals surface area contributed by atoms with Gasteiger partial charge in [0.2, 0.25) is 5.91 Å². The molecule has 0 spiro atoms. The van der Waals surface area contributed by atoms with Gasteiger partial charge < -0.3 is 13.9 Å². The molecule has 1 fully saturated rings. The molecule has 6 nitrogen and oxygen atoms in total. The molecule has 1 aliphatic rings. The van der Waals surface area contributed by atoms with Crippen molar-refractivity contribution in [3.63, 3.8) is 0 Å². The first-order valence-corrected chi connectivity index (χ1v) is 13.5. The Kier molecular flexibility index (Phi) is 8.29. The van der Waals surface area contributed by atoms with Gasteiger partial charge in [0.1, 0.15) is 22.3 Å². The lowest BCUT2D eigenvalue weighted by atomic mass is 9.88. The van der Waals surface area contributed by atoms with Gasteiger partial charge >= 0.3 is 0 Å². The van der Waals surface area contributed by atoms with Crippen LogP contribution in [0.4, 0.5) is 4.79 Å². The number of ether oxygens (including phenoxy) is 2. The fourth-order valence-electron chi connectivity index (χ4n) is 4.44. The minimum atomic E-state index is -0.511. The van der Waals surface area contributed by atoms with Gasteiger partial charge in [0, 0.05) is 10.9 Å². The molecule has 0 aliphatic carbocycles. The van der Waals surface area contributed by atoms with Crippen molar-refractivity contribution in [1.82, 2.24) is 5.32 Å². The van der Waals surface area contributed by atoms with Gasteiger partial charge in [0.05, 0.1) is 19.5 Å². The topological polar surface area (TPSA) is 77.8 Å². The van der Waals surface area contributed by atoms with Gasteiger partial charge in [-0.15, -0.1) is 0 Å². The zero-order chi connectivity index (χ0) is 25.7. The standard InChI is InChI=1S/C29H35NO5S/c1-5-9-23-24(13-12-22-20(17-29(2,3)4)18-35-25(22)23)34-15-7-6-14-33-21-11-8-10-19(16-21)26-27(31)30-28(32)36-26/h8,10-13,16,18,26H,5-7,9,14-15,17H2,1-4H3,(H,30,31,32). The summed E-state index contributed by atoms with van der Waals surface area (Å²) in [6.45, 7) is 10.0. The van der Waals surface area contributed by atoms with Crippen LogP contribution < -0.4 is 14.8 Å². The maximum atomic E-state index is 11.9. The highest BCUT2D eigenvalue weighted by Crippen LogP contribution is 2.36. The monoisotopic (exact) mass is 509 g/mol. The molecule has 4 rings (SSSR count). The van der Waals surface area contributed by atoms with Crippen molar-refractivity contribution in [2.24, 2.45) is 5.41 Å². The van der Waals surface area contributed by atoms with Crippen LogP contribution in [0, 0.1) is 5.41 Å². The summed E-state index contributed by atoms with van der Waals surface area (Å²) < 4.78 is 18.1. The summed E-state index contributed by atoms with van der Waals surface area (Å²) in [6.07, 6.45) is 6.50. The van der Waals surface area contributed by atoms with E-state index in [9.17, 15) is 9.59 Å². The number of imide groups is 1. The van der Waals surface area contributed by atoms with E-state index < -0.39 is 5.25 Å². The molecule has 3 aromatic rings. The fraction of sp³-hybridized carbons (Fsp3) is 0.448. The smallest absolute Gasteiger partial charge is 0.286 e. The van der Waals surface area contributed by atoms with Crippen LogP contribution >= 0.6 is 11.8 Å². The van der Waals surface area contributed by atoms with E-state index in [0.29, 0.717) is 19.0 Å². The number of amides is 2. The second-order valence-corrected chi connectivity index (χ2v) is 11.5. The minimum Gasteiger partial charge on any atom is -0.494 e. The van der Waals surface area contributed by atoms with Crippen LogP contribution in [0.1, 0.15) is 68.9 Å². The Bertz CT molecular complexity index is 1230. The largest absolute Gasteiger partial charge is 0.494 e. The molecule has 2 amide bonds. The number of unbranched alkanes of at least 4 members (excludes halogenated alkanes) is 1. The molecule has 36 heavy (non-hydrogen) atoms. The lowest BCUT2D eigenvalue weighted by Gasteiger charge is -2.17. The molecule has 1 saturated heterocycles. The van der Waals surface area contributed by atoms with Gasteiger partial charge in [-0.25, -0.2) is 0 Å². The number of carbonyl (C=O) groups is 2. The van der Waals surface area contributed by atoms with Crippen LogP contribution in [0.3, 0.4) is 0 Å². The Balaban J connectivity index is 1.29. The van der Waals surface area contributed by atoms with Crippen molar-refractivity contribution in [3.8, 4) is 11.5 Å². The van der Waals surface area contributed by atoms with Crippen molar-refractivity contribution < 1.29 is 23.5 Å². The highest BCUT2D eigenvalue weighted by molar-refractivity contribution is 8.15. The number of carbonyl (C=O) groups excluding carboxylic acids is 2. The maximum absolute atomic E-state index is 11.9. The number of hydrogen-bond donors (Lipinski definition) is 1. The van der Waals surface area contributed by atoms with E-state index in [0.717, 1.165) is 66.3 Å². The SMILES string of the molecule is CCCc1c(OCCCCOc2cccc(C3SC(=O)NC3=O)c2)ccc2c(CC(C)(C)C)coc12. The lowest BCUT2D eigenvalue weighted by molar-refractivity contribution is -0.119. The second kappa shape index (κ2) is 11.4. The zero-order valence-corrected chi connectivity index (χ0v) is 22.3. The van der Waals surface area contributed by atoms with Crippen molar-refractivity contribution in [2.75, 3.05) is 13.2 Å². The van der Waals surface area contributed by atoms with Gasteiger partial charge in [-0.1, -0.05) is 46.2 Å². The van der Waals surface area contributed by atoms with Crippen LogP contribution in [-0.4, -0.2) is 24.4 Å². The van der Waals surface area contributed by atoms with E-state index in [2.05, 4.69) is 45.1 Å². The Hall–Kier alpha value is -2.93. The summed E-state index contributed by atoms with van der Waals surface area (Å²) >= 11 is 0.998. The average Bonchev–Trinajstić information content (AvgIpc) is 3.38. The number of nitrogens with one attached hydrogen (secondary N) is 1. The third-order valence-corrected chi connectivity index (χ3v) is 7.06. The zero-order valence-electron chi connectivity index (χ0n) is 21.5. The third kappa shape index (κ3) is 6.44. The van der Waals surface area contributed by atoms with Crippen molar-refractivity contribution in [2.45, 2.75) is 65.0 Å². The molecule has 0 radical (unpaired) electrons. The van der Waals surface area contributed by atoms with Gasteiger partial charge in [-0.2, -0.15) is 0 Å². The predicted molar refractivity (Wildman–Crippen MR) is 144 cm³/mol. The van der Waals surface area contributed by atoms with Crippen LogP contribution in [-0.2, 0) is 17.6 Å². The van der Waals surface area contributed by atoms with E-state index in [1.165, 1.54) is 10.9 Å². The van der Waals surface area contributed by atoms with Gasteiger partial charge in [-0.3, -0.25) is 14.9 Å². The maximum Gasteiger partial charge on any atom is 0.286 e. The quantitative estimate of drug-likeness (QED) is 0.275.